The normalized spacial score (nSPS) is 19.5. The maximum atomic E-state index is 12.0. The number of carbonyl (C=O) groups excluding carboxylic acids is 2. The highest BCUT2D eigenvalue weighted by atomic mass is 16.6. The van der Waals surface area contributed by atoms with Gasteiger partial charge >= 0.3 is 11.9 Å². The molecule has 1 atom stereocenters. The lowest BCUT2D eigenvalue weighted by Crippen LogP contribution is -2.23. The Morgan fingerprint density at radius 1 is 1.25 bits per heavy atom. The molecular formula is C19H26O5. The zero-order valence-electron chi connectivity index (χ0n) is 15.0. The van der Waals surface area contributed by atoms with Crippen LogP contribution in [-0.4, -0.2) is 25.2 Å². The van der Waals surface area contributed by atoms with Gasteiger partial charge in [0.2, 0.25) is 0 Å². The Morgan fingerprint density at radius 3 is 2.46 bits per heavy atom. The molecule has 1 aliphatic rings. The maximum Gasteiger partial charge on any atom is 0.313 e. The predicted octanol–water partition coefficient (Wildman–Crippen LogP) is 3.37. The van der Waals surface area contributed by atoms with Gasteiger partial charge in [-0.15, -0.1) is 0 Å². The fourth-order valence-electron chi connectivity index (χ4n) is 2.31. The molecule has 1 aromatic rings. The zero-order valence-corrected chi connectivity index (χ0v) is 15.0. The molecule has 0 amide bonds. The van der Waals surface area contributed by atoms with Crippen molar-refractivity contribution in [2.45, 2.75) is 46.6 Å². The van der Waals surface area contributed by atoms with Crippen LogP contribution in [0.2, 0.25) is 0 Å². The number of aryl methyl sites for hydroxylation is 1. The molecule has 1 aliphatic heterocycles. The molecule has 0 saturated carbocycles. The van der Waals surface area contributed by atoms with Crippen molar-refractivity contribution in [3.63, 3.8) is 0 Å². The van der Waals surface area contributed by atoms with Gasteiger partial charge in [-0.2, -0.15) is 0 Å². The highest BCUT2D eigenvalue weighted by Crippen LogP contribution is 2.44. The number of esters is 2. The molecule has 5 nitrogen and oxygen atoms in total. The molecule has 2 rings (SSSR count). The standard InChI is InChI=1S/C19H26O5/c1-12(2)8-17(20)22-10-19(11-23-19)15-7-6-14(5)9-16(15)24-18(21)13(3)4/h6-7,9,12-13H,8,10-11H2,1-5H3. The largest absolute Gasteiger partial charge is 0.462 e. The van der Waals surface area contributed by atoms with E-state index in [2.05, 4.69) is 0 Å². The summed E-state index contributed by atoms with van der Waals surface area (Å²) in [6, 6.07) is 5.62. The number of hydrogen-bond acceptors (Lipinski definition) is 5. The van der Waals surface area contributed by atoms with Crippen LogP contribution in [0.1, 0.15) is 45.2 Å². The molecule has 1 fully saturated rings. The highest BCUT2D eigenvalue weighted by molar-refractivity contribution is 5.75. The smallest absolute Gasteiger partial charge is 0.313 e. The fourth-order valence-corrected chi connectivity index (χ4v) is 2.31. The molecule has 0 spiro atoms. The molecule has 0 bridgehead atoms. The molecule has 1 unspecified atom stereocenters. The van der Waals surface area contributed by atoms with Gasteiger partial charge in [-0.25, -0.2) is 0 Å². The molecule has 0 radical (unpaired) electrons. The summed E-state index contributed by atoms with van der Waals surface area (Å²) in [7, 11) is 0. The minimum atomic E-state index is -0.701. The van der Waals surface area contributed by atoms with Crippen molar-refractivity contribution < 1.29 is 23.8 Å². The van der Waals surface area contributed by atoms with Crippen molar-refractivity contribution in [2.24, 2.45) is 11.8 Å². The lowest BCUT2D eigenvalue weighted by Gasteiger charge is -2.18. The maximum absolute atomic E-state index is 12.0. The van der Waals surface area contributed by atoms with Crippen molar-refractivity contribution in [1.82, 2.24) is 0 Å². The monoisotopic (exact) mass is 334 g/mol. The molecule has 0 aliphatic carbocycles. The van der Waals surface area contributed by atoms with Gasteiger partial charge in [0, 0.05) is 12.0 Å². The van der Waals surface area contributed by atoms with Crippen LogP contribution in [0.3, 0.4) is 0 Å². The number of carbonyl (C=O) groups is 2. The van der Waals surface area contributed by atoms with Crippen LogP contribution in [-0.2, 0) is 24.7 Å². The second-order valence-corrected chi connectivity index (χ2v) is 7.12. The third-order valence-corrected chi connectivity index (χ3v) is 3.84. The highest BCUT2D eigenvalue weighted by Gasteiger charge is 2.50. The van der Waals surface area contributed by atoms with Gasteiger partial charge in [-0.05, 0) is 24.5 Å². The first-order chi connectivity index (χ1) is 11.2. The lowest BCUT2D eigenvalue weighted by atomic mass is 9.98. The Bertz CT molecular complexity index is 614. The molecular weight excluding hydrogens is 308 g/mol. The minimum Gasteiger partial charge on any atom is -0.462 e. The van der Waals surface area contributed by atoms with E-state index in [-0.39, 0.29) is 30.4 Å². The van der Waals surface area contributed by atoms with E-state index in [1.54, 1.807) is 13.8 Å². The summed E-state index contributed by atoms with van der Waals surface area (Å²) in [4.78, 5) is 23.8. The van der Waals surface area contributed by atoms with E-state index in [4.69, 9.17) is 14.2 Å². The topological polar surface area (TPSA) is 65.1 Å². The summed E-state index contributed by atoms with van der Waals surface area (Å²) in [6.07, 6.45) is 0.374. The summed E-state index contributed by atoms with van der Waals surface area (Å²) < 4.78 is 16.5. The molecule has 0 N–H and O–H groups in total. The second-order valence-electron chi connectivity index (χ2n) is 7.12. The van der Waals surface area contributed by atoms with E-state index in [0.717, 1.165) is 11.1 Å². The summed E-state index contributed by atoms with van der Waals surface area (Å²) in [5.41, 5.74) is 1.03. The van der Waals surface area contributed by atoms with E-state index in [9.17, 15) is 9.59 Å². The Morgan fingerprint density at radius 2 is 1.92 bits per heavy atom. The molecule has 5 heteroatoms. The van der Waals surface area contributed by atoms with Crippen LogP contribution in [0.25, 0.3) is 0 Å². The molecule has 1 heterocycles. The van der Waals surface area contributed by atoms with Gasteiger partial charge in [-0.3, -0.25) is 9.59 Å². The summed E-state index contributed by atoms with van der Waals surface area (Å²) in [5, 5.41) is 0. The van der Waals surface area contributed by atoms with E-state index >= 15 is 0 Å². The molecule has 0 aromatic heterocycles. The molecule has 1 aromatic carbocycles. The second kappa shape index (κ2) is 7.34. The molecule has 24 heavy (non-hydrogen) atoms. The minimum absolute atomic E-state index is 0.133. The van der Waals surface area contributed by atoms with Gasteiger partial charge in [0.25, 0.3) is 0 Å². The van der Waals surface area contributed by atoms with Gasteiger partial charge in [-0.1, -0.05) is 39.8 Å². The first kappa shape index (κ1) is 18.5. The molecule has 132 valence electrons. The van der Waals surface area contributed by atoms with Crippen molar-refractivity contribution in [2.75, 3.05) is 13.2 Å². The van der Waals surface area contributed by atoms with Crippen LogP contribution >= 0.6 is 0 Å². The van der Waals surface area contributed by atoms with E-state index in [1.807, 2.05) is 39.0 Å². The summed E-state index contributed by atoms with van der Waals surface area (Å²) in [6.45, 7) is 10.0. The Kier molecular flexibility index (Phi) is 5.65. The van der Waals surface area contributed by atoms with Gasteiger partial charge in [0.1, 0.15) is 12.4 Å². The Labute approximate surface area is 143 Å². The Hall–Kier alpha value is -1.88. The average molecular weight is 334 g/mol. The van der Waals surface area contributed by atoms with Crippen LogP contribution in [0, 0.1) is 18.8 Å². The Balaban J connectivity index is 2.15. The number of hydrogen-bond donors (Lipinski definition) is 0. The third-order valence-electron chi connectivity index (χ3n) is 3.84. The van der Waals surface area contributed by atoms with E-state index in [0.29, 0.717) is 18.8 Å². The van der Waals surface area contributed by atoms with Crippen LogP contribution in [0.5, 0.6) is 5.75 Å². The summed E-state index contributed by atoms with van der Waals surface area (Å²) in [5.74, 6) is -0.0397. The van der Waals surface area contributed by atoms with Crippen LogP contribution in [0.4, 0.5) is 0 Å². The lowest BCUT2D eigenvalue weighted by molar-refractivity contribution is -0.146. The quantitative estimate of drug-likeness (QED) is 0.434. The summed E-state index contributed by atoms with van der Waals surface area (Å²) >= 11 is 0. The fraction of sp³-hybridized carbons (Fsp3) is 0.579. The number of benzene rings is 1. The van der Waals surface area contributed by atoms with Crippen molar-refractivity contribution in [1.29, 1.82) is 0 Å². The van der Waals surface area contributed by atoms with Gasteiger partial charge < -0.3 is 14.2 Å². The van der Waals surface area contributed by atoms with Crippen molar-refractivity contribution in [3.05, 3.63) is 29.3 Å². The number of rotatable bonds is 7. The van der Waals surface area contributed by atoms with Crippen molar-refractivity contribution in [3.8, 4) is 5.75 Å². The van der Waals surface area contributed by atoms with E-state index in [1.165, 1.54) is 0 Å². The SMILES string of the molecule is Cc1ccc(C2(COC(=O)CC(C)C)CO2)c(OC(=O)C(C)C)c1. The van der Waals surface area contributed by atoms with Crippen LogP contribution < -0.4 is 4.74 Å². The average Bonchev–Trinajstić information content (AvgIpc) is 3.25. The molecule has 1 saturated heterocycles. The first-order valence-corrected chi connectivity index (χ1v) is 8.36. The third kappa shape index (κ3) is 4.57. The predicted molar refractivity (Wildman–Crippen MR) is 89.7 cm³/mol. The van der Waals surface area contributed by atoms with Crippen LogP contribution in [0.15, 0.2) is 18.2 Å². The van der Waals surface area contributed by atoms with Crippen molar-refractivity contribution >= 4 is 11.9 Å². The first-order valence-electron chi connectivity index (χ1n) is 8.36. The number of ether oxygens (including phenoxy) is 3. The number of epoxide rings is 1. The zero-order chi connectivity index (χ0) is 17.9. The van der Waals surface area contributed by atoms with Gasteiger partial charge in [0.15, 0.2) is 5.60 Å². The van der Waals surface area contributed by atoms with E-state index < -0.39 is 5.60 Å². The van der Waals surface area contributed by atoms with Gasteiger partial charge in [0.05, 0.1) is 12.5 Å².